The minimum atomic E-state index is 0.702. The summed E-state index contributed by atoms with van der Waals surface area (Å²) < 4.78 is 7.51. The second-order valence-corrected chi connectivity index (χ2v) is 8.61. The van der Waals surface area contributed by atoms with Crippen molar-refractivity contribution in [2.45, 2.75) is 13.5 Å². The van der Waals surface area contributed by atoms with Gasteiger partial charge in [-0.3, -0.25) is 0 Å². The van der Waals surface area contributed by atoms with Gasteiger partial charge < -0.3 is 14.3 Å². The third-order valence-corrected chi connectivity index (χ3v) is 6.05. The smallest absolute Gasteiger partial charge is 0.118 e. The van der Waals surface area contributed by atoms with E-state index in [1.807, 2.05) is 55.5 Å². The second-order valence-electron chi connectivity index (χ2n) is 7.73. The topological polar surface area (TPSA) is 42.8 Å². The van der Waals surface area contributed by atoms with Gasteiger partial charge in [-0.05, 0) is 48.9 Å². The number of H-pyrrole nitrogens is 1. The van der Waals surface area contributed by atoms with Gasteiger partial charge in [-0.1, -0.05) is 53.5 Å². The Morgan fingerprint density at radius 1 is 0.938 bits per heavy atom. The fraction of sp³-hybridized carbons (Fsp3) is 0.115. The first kappa shape index (κ1) is 20.7. The maximum Gasteiger partial charge on any atom is 0.118 e. The predicted octanol–water partition coefficient (Wildman–Crippen LogP) is 7.37. The normalized spacial score (nSPS) is 11.2. The molecule has 0 saturated heterocycles. The van der Waals surface area contributed by atoms with E-state index in [4.69, 9.17) is 32.9 Å². The molecule has 0 amide bonds. The maximum atomic E-state index is 6.37. The van der Waals surface area contributed by atoms with Crippen molar-refractivity contribution in [2.24, 2.45) is 0 Å². The molecule has 0 aliphatic carbocycles. The van der Waals surface area contributed by atoms with E-state index >= 15 is 0 Å². The standard InChI is InChI=1S/C26H21Cl2N3O/c1-16-29-25(18-5-7-19(27)8-6-18)26(30-16)23-15-31(24-13-20(28)9-12-22(23)24)14-17-3-10-21(32-2)11-4-17/h3-13,15H,14H2,1-2H3,(H,29,30). The number of aromatic amines is 1. The lowest BCUT2D eigenvalue weighted by atomic mass is 10.0. The number of aryl methyl sites for hydroxylation is 1. The Hall–Kier alpha value is -3.21. The Morgan fingerprint density at radius 2 is 1.66 bits per heavy atom. The van der Waals surface area contributed by atoms with E-state index in [2.05, 4.69) is 33.9 Å². The molecule has 0 radical (unpaired) electrons. The summed E-state index contributed by atoms with van der Waals surface area (Å²) in [6.45, 7) is 2.68. The number of imidazole rings is 1. The van der Waals surface area contributed by atoms with Crippen LogP contribution < -0.4 is 4.74 Å². The molecular formula is C26H21Cl2N3O. The molecule has 32 heavy (non-hydrogen) atoms. The number of halogens is 2. The Morgan fingerprint density at radius 3 is 2.38 bits per heavy atom. The molecule has 2 aromatic heterocycles. The summed E-state index contributed by atoms with van der Waals surface area (Å²) in [6.07, 6.45) is 2.16. The molecule has 3 aromatic carbocycles. The van der Waals surface area contributed by atoms with Crippen molar-refractivity contribution in [3.05, 3.63) is 94.4 Å². The highest BCUT2D eigenvalue weighted by Crippen LogP contribution is 2.37. The van der Waals surface area contributed by atoms with Gasteiger partial charge in [-0.25, -0.2) is 4.98 Å². The summed E-state index contributed by atoms with van der Waals surface area (Å²) in [5.41, 5.74) is 6.21. The van der Waals surface area contributed by atoms with Crippen molar-refractivity contribution in [1.82, 2.24) is 14.5 Å². The van der Waals surface area contributed by atoms with Crippen LogP contribution in [0.15, 0.2) is 72.9 Å². The zero-order chi connectivity index (χ0) is 22.2. The van der Waals surface area contributed by atoms with Crippen LogP contribution >= 0.6 is 23.2 Å². The Kier molecular flexibility index (Phi) is 5.41. The summed E-state index contributed by atoms with van der Waals surface area (Å²) in [7, 11) is 1.67. The average Bonchev–Trinajstić information content (AvgIpc) is 3.35. The fourth-order valence-corrected chi connectivity index (χ4v) is 4.32. The number of nitrogens with one attached hydrogen (secondary N) is 1. The molecule has 0 bridgehead atoms. The van der Waals surface area contributed by atoms with Crippen molar-refractivity contribution in [3.8, 4) is 28.3 Å². The van der Waals surface area contributed by atoms with Crippen molar-refractivity contribution < 1.29 is 4.74 Å². The van der Waals surface area contributed by atoms with Crippen LogP contribution in [0.3, 0.4) is 0 Å². The summed E-state index contributed by atoms with van der Waals surface area (Å²) in [6, 6.07) is 21.9. The molecule has 5 rings (SSSR count). The molecule has 0 aliphatic rings. The zero-order valence-electron chi connectivity index (χ0n) is 17.7. The lowest BCUT2D eigenvalue weighted by molar-refractivity contribution is 0.414. The number of benzene rings is 3. The van der Waals surface area contributed by atoms with Gasteiger partial charge in [-0.15, -0.1) is 0 Å². The molecule has 0 unspecified atom stereocenters. The monoisotopic (exact) mass is 461 g/mol. The number of hydrogen-bond acceptors (Lipinski definition) is 2. The lowest BCUT2D eigenvalue weighted by Gasteiger charge is -2.07. The summed E-state index contributed by atoms with van der Waals surface area (Å²) in [4.78, 5) is 8.24. The van der Waals surface area contributed by atoms with Gasteiger partial charge >= 0.3 is 0 Å². The molecule has 0 saturated carbocycles. The SMILES string of the molecule is COc1ccc(Cn2cc(-c3[nH]c(C)nc3-c3ccc(Cl)cc3)c3ccc(Cl)cc32)cc1. The van der Waals surface area contributed by atoms with Crippen molar-refractivity contribution in [2.75, 3.05) is 7.11 Å². The van der Waals surface area contributed by atoms with Crippen molar-refractivity contribution >= 4 is 34.1 Å². The third kappa shape index (κ3) is 3.88. The number of ether oxygens (including phenoxy) is 1. The van der Waals surface area contributed by atoms with Gasteiger partial charge in [0.2, 0.25) is 0 Å². The van der Waals surface area contributed by atoms with Crippen LogP contribution in [0.4, 0.5) is 0 Å². The Labute approximate surface area is 196 Å². The van der Waals surface area contributed by atoms with Gasteiger partial charge in [0.05, 0.1) is 24.0 Å². The quantitative estimate of drug-likeness (QED) is 0.296. The fourth-order valence-electron chi connectivity index (χ4n) is 4.03. The van der Waals surface area contributed by atoms with E-state index in [1.54, 1.807) is 7.11 Å². The molecule has 0 aliphatic heterocycles. The molecule has 0 spiro atoms. The average molecular weight is 462 g/mol. The zero-order valence-corrected chi connectivity index (χ0v) is 19.2. The van der Waals surface area contributed by atoms with Crippen LogP contribution in [-0.4, -0.2) is 21.6 Å². The van der Waals surface area contributed by atoms with Crippen molar-refractivity contribution in [1.29, 1.82) is 0 Å². The molecule has 160 valence electrons. The number of fused-ring (bicyclic) bond motifs is 1. The van der Waals surface area contributed by atoms with Crippen LogP contribution in [0.25, 0.3) is 33.4 Å². The number of methoxy groups -OCH3 is 1. The van der Waals surface area contributed by atoms with Gasteiger partial charge in [-0.2, -0.15) is 0 Å². The molecule has 0 fully saturated rings. The summed E-state index contributed by atoms with van der Waals surface area (Å²) in [5, 5.41) is 2.52. The largest absolute Gasteiger partial charge is 0.497 e. The van der Waals surface area contributed by atoms with E-state index in [9.17, 15) is 0 Å². The number of aromatic nitrogens is 3. The van der Waals surface area contributed by atoms with Gasteiger partial charge in [0, 0.05) is 39.3 Å². The predicted molar refractivity (Wildman–Crippen MR) is 132 cm³/mol. The third-order valence-electron chi connectivity index (χ3n) is 5.57. The van der Waals surface area contributed by atoms with Gasteiger partial charge in [0.15, 0.2) is 0 Å². The molecule has 6 heteroatoms. The van der Waals surface area contributed by atoms with E-state index in [-0.39, 0.29) is 0 Å². The highest BCUT2D eigenvalue weighted by Gasteiger charge is 2.18. The number of rotatable bonds is 5. The molecular weight excluding hydrogens is 441 g/mol. The van der Waals surface area contributed by atoms with Crippen LogP contribution in [0.5, 0.6) is 5.75 Å². The molecule has 0 atom stereocenters. The lowest BCUT2D eigenvalue weighted by Crippen LogP contribution is -1.97. The Balaban J connectivity index is 1.65. The first-order valence-corrected chi connectivity index (χ1v) is 11.0. The highest BCUT2D eigenvalue weighted by atomic mass is 35.5. The molecule has 4 nitrogen and oxygen atoms in total. The first-order valence-electron chi connectivity index (χ1n) is 10.3. The Bertz CT molecular complexity index is 1400. The highest BCUT2D eigenvalue weighted by molar-refractivity contribution is 6.31. The molecule has 2 heterocycles. The molecule has 1 N–H and O–H groups in total. The maximum absolute atomic E-state index is 6.37. The molecule has 5 aromatic rings. The van der Waals surface area contributed by atoms with Crippen LogP contribution in [0, 0.1) is 6.92 Å². The van der Waals surface area contributed by atoms with Gasteiger partial charge in [0.25, 0.3) is 0 Å². The minimum Gasteiger partial charge on any atom is -0.497 e. The second kappa shape index (κ2) is 8.38. The van der Waals surface area contributed by atoms with Crippen LogP contribution in [0.1, 0.15) is 11.4 Å². The number of nitrogens with zero attached hydrogens (tertiary/aromatic N) is 2. The van der Waals surface area contributed by atoms with E-state index in [1.165, 1.54) is 5.56 Å². The minimum absolute atomic E-state index is 0.702. The van der Waals surface area contributed by atoms with Gasteiger partial charge in [0.1, 0.15) is 11.6 Å². The van der Waals surface area contributed by atoms with E-state index in [0.29, 0.717) is 16.6 Å². The summed E-state index contributed by atoms with van der Waals surface area (Å²) >= 11 is 12.5. The summed E-state index contributed by atoms with van der Waals surface area (Å²) in [5.74, 6) is 1.70. The van der Waals surface area contributed by atoms with Crippen molar-refractivity contribution in [3.63, 3.8) is 0 Å². The first-order chi connectivity index (χ1) is 15.5. The van der Waals surface area contributed by atoms with E-state index < -0.39 is 0 Å². The van der Waals surface area contributed by atoms with E-state index in [0.717, 1.165) is 45.0 Å². The number of hydrogen-bond donors (Lipinski definition) is 1. The van der Waals surface area contributed by atoms with Crippen LogP contribution in [0.2, 0.25) is 10.0 Å². The van der Waals surface area contributed by atoms with Crippen LogP contribution in [-0.2, 0) is 6.54 Å².